The van der Waals surface area contributed by atoms with E-state index in [1.54, 1.807) is 6.07 Å². The van der Waals surface area contributed by atoms with E-state index >= 15 is 0 Å². The fraction of sp³-hybridized carbons (Fsp3) is 0.647. The lowest BCUT2D eigenvalue weighted by atomic mass is 9.80. The van der Waals surface area contributed by atoms with E-state index in [4.69, 9.17) is 5.73 Å². The number of hydrogen-bond donors (Lipinski definition) is 1. The van der Waals surface area contributed by atoms with Gasteiger partial charge in [0.25, 0.3) is 0 Å². The first-order valence-electron chi connectivity index (χ1n) is 7.90. The Bertz CT molecular complexity index is 442. The molecule has 0 saturated carbocycles. The number of nitrogens with two attached hydrogens (primary N) is 1. The molecule has 1 atom stereocenters. The van der Waals surface area contributed by atoms with E-state index in [0.717, 1.165) is 31.5 Å². The summed E-state index contributed by atoms with van der Waals surface area (Å²) in [4.78, 5) is 2.45. The SMILES string of the molecule is CCN(CC)C(CC)(CC)C(N)Cc1cccc(F)c1Br. The molecule has 120 valence electrons. The molecule has 0 amide bonds. The number of rotatable bonds is 8. The quantitative estimate of drug-likeness (QED) is 0.747. The minimum absolute atomic E-state index is 0.0227. The fourth-order valence-electron chi connectivity index (χ4n) is 3.44. The monoisotopic (exact) mass is 358 g/mol. The summed E-state index contributed by atoms with van der Waals surface area (Å²) in [5.74, 6) is -0.221. The molecule has 1 aromatic carbocycles. The fourth-order valence-corrected chi connectivity index (χ4v) is 3.87. The van der Waals surface area contributed by atoms with Crippen molar-refractivity contribution in [2.24, 2.45) is 5.73 Å². The number of hydrogen-bond acceptors (Lipinski definition) is 2. The number of likely N-dealkylation sites (N-methyl/N-ethyl adjacent to an activating group) is 1. The van der Waals surface area contributed by atoms with Gasteiger partial charge in [-0.1, -0.05) is 39.8 Å². The van der Waals surface area contributed by atoms with Gasteiger partial charge in [0.05, 0.1) is 4.47 Å². The van der Waals surface area contributed by atoms with Crippen LogP contribution in [-0.2, 0) is 6.42 Å². The highest BCUT2D eigenvalue weighted by molar-refractivity contribution is 9.10. The van der Waals surface area contributed by atoms with E-state index in [1.807, 2.05) is 6.07 Å². The molecule has 1 unspecified atom stereocenters. The first kappa shape index (κ1) is 18.6. The molecular formula is C17H28BrFN2. The first-order chi connectivity index (χ1) is 9.96. The molecule has 0 radical (unpaired) electrons. The van der Waals surface area contributed by atoms with E-state index in [2.05, 4.69) is 48.5 Å². The smallest absolute Gasteiger partial charge is 0.137 e. The lowest BCUT2D eigenvalue weighted by Crippen LogP contribution is -2.60. The summed E-state index contributed by atoms with van der Waals surface area (Å²) >= 11 is 3.35. The molecular weight excluding hydrogens is 331 g/mol. The van der Waals surface area contributed by atoms with Gasteiger partial charge < -0.3 is 5.73 Å². The van der Waals surface area contributed by atoms with E-state index < -0.39 is 0 Å². The van der Waals surface area contributed by atoms with Gasteiger partial charge >= 0.3 is 0 Å². The lowest BCUT2D eigenvalue weighted by molar-refractivity contribution is 0.0627. The van der Waals surface area contributed by atoms with Gasteiger partial charge in [0.2, 0.25) is 0 Å². The molecule has 21 heavy (non-hydrogen) atoms. The van der Waals surface area contributed by atoms with E-state index in [-0.39, 0.29) is 17.4 Å². The van der Waals surface area contributed by atoms with Gasteiger partial charge in [-0.05, 0) is 59.9 Å². The summed E-state index contributed by atoms with van der Waals surface area (Å²) in [5, 5.41) is 0. The Hall–Kier alpha value is -0.450. The maximum absolute atomic E-state index is 13.7. The zero-order valence-corrected chi connectivity index (χ0v) is 15.2. The van der Waals surface area contributed by atoms with Crippen molar-refractivity contribution in [1.82, 2.24) is 4.90 Å². The summed E-state index contributed by atoms with van der Waals surface area (Å²) in [7, 11) is 0. The average molecular weight is 359 g/mol. The highest BCUT2D eigenvalue weighted by atomic mass is 79.9. The van der Waals surface area contributed by atoms with Crippen LogP contribution in [0.2, 0.25) is 0 Å². The van der Waals surface area contributed by atoms with Gasteiger partial charge in [0, 0.05) is 11.6 Å². The molecule has 0 heterocycles. The molecule has 1 aromatic rings. The maximum atomic E-state index is 13.7. The van der Waals surface area contributed by atoms with Crippen LogP contribution < -0.4 is 5.73 Å². The summed E-state index contributed by atoms with van der Waals surface area (Å²) in [6.07, 6.45) is 2.68. The van der Waals surface area contributed by atoms with Crippen LogP contribution in [0.5, 0.6) is 0 Å². The van der Waals surface area contributed by atoms with Crippen molar-refractivity contribution in [1.29, 1.82) is 0 Å². The van der Waals surface area contributed by atoms with Crippen molar-refractivity contribution in [2.45, 2.75) is 58.5 Å². The largest absolute Gasteiger partial charge is 0.326 e. The Morgan fingerprint density at radius 1 is 1.19 bits per heavy atom. The maximum Gasteiger partial charge on any atom is 0.137 e. The Balaban J connectivity index is 3.06. The third-order valence-electron chi connectivity index (χ3n) is 4.78. The van der Waals surface area contributed by atoms with E-state index in [0.29, 0.717) is 10.9 Å². The van der Waals surface area contributed by atoms with Crippen LogP contribution in [0.25, 0.3) is 0 Å². The standard InChI is InChI=1S/C17H28BrFN2/c1-5-17(6-2,21(7-3)8-4)15(20)12-13-10-9-11-14(19)16(13)18/h9-11,15H,5-8,12,20H2,1-4H3. The van der Waals surface area contributed by atoms with Crippen LogP contribution in [0, 0.1) is 5.82 Å². The van der Waals surface area contributed by atoms with Crippen molar-refractivity contribution >= 4 is 15.9 Å². The molecule has 0 bridgehead atoms. The number of nitrogens with zero attached hydrogens (tertiary/aromatic N) is 1. The highest BCUT2D eigenvalue weighted by Gasteiger charge is 2.38. The van der Waals surface area contributed by atoms with Gasteiger partial charge in [-0.2, -0.15) is 0 Å². The Morgan fingerprint density at radius 3 is 2.24 bits per heavy atom. The summed E-state index contributed by atoms with van der Waals surface area (Å²) in [6, 6.07) is 5.14. The van der Waals surface area contributed by atoms with Crippen LogP contribution in [-0.4, -0.2) is 29.6 Å². The average Bonchev–Trinajstić information content (AvgIpc) is 2.49. The molecule has 2 N–H and O–H groups in total. The summed E-state index contributed by atoms with van der Waals surface area (Å²) in [5.41, 5.74) is 7.50. The Labute approximate surface area is 137 Å². The van der Waals surface area contributed by atoms with Crippen molar-refractivity contribution in [3.63, 3.8) is 0 Å². The number of halogens is 2. The van der Waals surface area contributed by atoms with Crippen LogP contribution in [0.4, 0.5) is 4.39 Å². The summed E-state index contributed by atoms with van der Waals surface area (Å²) < 4.78 is 14.2. The van der Waals surface area contributed by atoms with Crippen molar-refractivity contribution < 1.29 is 4.39 Å². The number of benzene rings is 1. The predicted octanol–water partition coefficient (Wildman–Crippen LogP) is 4.36. The van der Waals surface area contributed by atoms with E-state index in [9.17, 15) is 4.39 Å². The van der Waals surface area contributed by atoms with Gasteiger partial charge in [-0.25, -0.2) is 4.39 Å². The third-order valence-corrected chi connectivity index (χ3v) is 5.67. The molecule has 2 nitrogen and oxygen atoms in total. The van der Waals surface area contributed by atoms with Gasteiger partial charge in [-0.3, -0.25) is 4.90 Å². The topological polar surface area (TPSA) is 29.3 Å². The third kappa shape index (κ3) is 3.85. The molecule has 4 heteroatoms. The van der Waals surface area contributed by atoms with Gasteiger partial charge in [-0.15, -0.1) is 0 Å². The van der Waals surface area contributed by atoms with Crippen LogP contribution >= 0.6 is 15.9 Å². The molecule has 0 saturated heterocycles. The molecule has 0 aromatic heterocycles. The van der Waals surface area contributed by atoms with Crippen molar-refractivity contribution in [2.75, 3.05) is 13.1 Å². The van der Waals surface area contributed by atoms with Gasteiger partial charge in [0.1, 0.15) is 5.82 Å². The zero-order valence-electron chi connectivity index (χ0n) is 13.6. The summed E-state index contributed by atoms with van der Waals surface area (Å²) in [6.45, 7) is 10.7. The van der Waals surface area contributed by atoms with E-state index in [1.165, 1.54) is 6.07 Å². The van der Waals surface area contributed by atoms with Gasteiger partial charge in [0.15, 0.2) is 0 Å². The molecule has 0 fully saturated rings. The molecule has 0 aliphatic carbocycles. The molecule has 0 aliphatic heterocycles. The Morgan fingerprint density at radius 2 is 1.76 bits per heavy atom. The van der Waals surface area contributed by atoms with Crippen LogP contribution in [0.1, 0.15) is 46.1 Å². The van der Waals surface area contributed by atoms with Crippen molar-refractivity contribution in [3.05, 3.63) is 34.1 Å². The molecule has 0 spiro atoms. The lowest BCUT2D eigenvalue weighted by Gasteiger charge is -2.46. The van der Waals surface area contributed by atoms with Crippen molar-refractivity contribution in [3.8, 4) is 0 Å². The molecule has 1 rings (SSSR count). The second-order valence-corrected chi connectivity index (χ2v) is 6.30. The first-order valence-corrected chi connectivity index (χ1v) is 8.69. The highest BCUT2D eigenvalue weighted by Crippen LogP contribution is 2.30. The second-order valence-electron chi connectivity index (χ2n) is 5.51. The Kier molecular flexibility index (Phi) is 7.31. The van der Waals surface area contributed by atoms with Crippen LogP contribution in [0.3, 0.4) is 0 Å². The normalized spacial score (nSPS) is 13.7. The molecule has 0 aliphatic rings. The zero-order chi connectivity index (χ0) is 16.0. The second kappa shape index (κ2) is 8.25. The predicted molar refractivity (Wildman–Crippen MR) is 92.0 cm³/mol. The van der Waals surface area contributed by atoms with Crippen LogP contribution in [0.15, 0.2) is 22.7 Å². The minimum Gasteiger partial charge on any atom is -0.326 e. The minimum atomic E-state index is -0.221.